The highest BCUT2D eigenvalue weighted by Crippen LogP contribution is 2.36. The molecule has 0 saturated heterocycles. The predicted octanol–water partition coefficient (Wildman–Crippen LogP) is 6.17. The molecule has 0 unspecified atom stereocenters. The van der Waals surface area contributed by atoms with Gasteiger partial charge in [-0.15, -0.1) is 4.33 Å². The molecule has 3 rings (SSSR count). The van der Waals surface area contributed by atoms with Gasteiger partial charge in [-0.2, -0.15) is 39.1 Å². The van der Waals surface area contributed by atoms with Crippen LogP contribution >= 0.6 is 12.3 Å². The summed E-state index contributed by atoms with van der Waals surface area (Å²) in [5, 5.41) is 0. The van der Waals surface area contributed by atoms with E-state index >= 15 is 0 Å². The molecule has 0 spiro atoms. The quantitative estimate of drug-likeness (QED) is 0.0987. The highest BCUT2D eigenvalue weighted by molar-refractivity contribution is 7.89. The Balaban J connectivity index is 1.78. The molecule has 16 heteroatoms. The van der Waals surface area contributed by atoms with Gasteiger partial charge in [0, 0.05) is 18.7 Å². The fraction of sp³-hybridized carbons (Fsp3) is 0.480. The molecule has 1 aliphatic carbocycles. The largest absolute Gasteiger partial charge is 0.416 e. The first kappa shape index (κ1) is 33.1. The summed E-state index contributed by atoms with van der Waals surface area (Å²) < 4.78 is 119. The maximum atomic E-state index is 13.3. The van der Waals surface area contributed by atoms with Gasteiger partial charge in [0.1, 0.15) is 0 Å². The summed E-state index contributed by atoms with van der Waals surface area (Å²) in [6.45, 7) is 0.191. The zero-order valence-corrected chi connectivity index (χ0v) is 23.3. The molecular weight excluding hydrogens is 602 g/mol. The summed E-state index contributed by atoms with van der Waals surface area (Å²) in [5.41, 5.74) is -3.99. The van der Waals surface area contributed by atoms with Crippen molar-refractivity contribution in [2.45, 2.75) is 44.6 Å². The molecule has 1 amide bonds. The van der Waals surface area contributed by atoms with Gasteiger partial charge in [-0.1, -0.05) is 30.3 Å². The molecule has 0 atom stereocenters. The molecule has 0 bridgehead atoms. The molecule has 0 radical (unpaired) electrons. The molecular formula is C25H28F6N2O6S2. The summed E-state index contributed by atoms with van der Waals surface area (Å²) in [4.78, 5) is 17.2. The summed E-state index contributed by atoms with van der Waals surface area (Å²) >= 11 is 0.696. The molecule has 1 saturated carbocycles. The number of halogens is 6. The molecule has 8 nitrogen and oxygen atoms in total. The second kappa shape index (κ2) is 14.2. The lowest BCUT2D eigenvalue weighted by atomic mass is 9.82. The fourth-order valence-corrected chi connectivity index (χ4v) is 5.95. The van der Waals surface area contributed by atoms with Crippen LogP contribution in [0.5, 0.6) is 0 Å². The zero-order valence-electron chi connectivity index (χ0n) is 21.7. The molecule has 1 fully saturated rings. The summed E-state index contributed by atoms with van der Waals surface area (Å²) in [6, 6.07) is 8.60. The van der Waals surface area contributed by atoms with E-state index in [1.54, 1.807) is 35.1 Å². The normalized spacial score (nSPS) is 18.4. The first-order valence-corrected chi connectivity index (χ1v) is 14.4. The highest BCUT2D eigenvalue weighted by atomic mass is 32.2. The summed E-state index contributed by atoms with van der Waals surface area (Å²) in [6.07, 6.45) is -7.72. The van der Waals surface area contributed by atoms with E-state index < -0.39 is 45.2 Å². The van der Waals surface area contributed by atoms with Gasteiger partial charge in [0.15, 0.2) is 12.3 Å². The van der Waals surface area contributed by atoms with Gasteiger partial charge in [0.2, 0.25) is 0 Å². The molecule has 41 heavy (non-hydrogen) atoms. The van der Waals surface area contributed by atoms with Crippen LogP contribution in [0.4, 0.5) is 26.3 Å². The Morgan fingerprint density at radius 2 is 1.51 bits per heavy atom. The average Bonchev–Trinajstić information content (AvgIpc) is 2.90. The van der Waals surface area contributed by atoms with Gasteiger partial charge in [0.25, 0.3) is 5.91 Å². The lowest BCUT2D eigenvalue weighted by molar-refractivity contribution is -0.167. The maximum absolute atomic E-state index is 13.3. The van der Waals surface area contributed by atoms with Crippen LogP contribution in [0.1, 0.15) is 52.7 Å². The third-order valence-corrected chi connectivity index (χ3v) is 8.31. The van der Waals surface area contributed by atoms with Crippen LogP contribution in [-0.4, -0.2) is 38.9 Å². The minimum absolute atomic E-state index is 0.0248. The first-order valence-electron chi connectivity index (χ1n) is 12.3. The highest BCUT2D eigenvalue weighted by Gasteiger charge is 2.38. The Bertz CT molecular complexity index is 1220. The van der Waals surface area contributed by atoms with Crippen LogP contribution in [0.2, 0.25) is 0 Å². The van der Waals surface area contributed by atoms with Gasteiger partial charge < -0.3 is 0 Å². The second-order valence-electron chi connectivity index (χ2n) is 9.48. The van der Waals surface area contributed by atoms with Crippen molar-refractivity contribution in [2.75, 3.05) is 20.3 Å². The third kappa shape index (κ3) is 10.1. The van der Waals surface area contributed by atoms with Crippen molar-refractivity contribution in [3.05, 3.63) is 70.8 Å². The van der Waals surface area contributed by atoms with Crippen molar-refractivity contribution >= 4 is 28.4 Å². The van der Waals surface area contributed by atoms with E-state index in [0.29, 0.717) is 50.2 Å². The Hall–Kier alpha value is -2.37. The van der Waals surface area contributed by atoms with E-state index in [1.165, 1.54) is 7.11 Å². The van der Waals surface area contributed by atoms with Crippen molar-refractivity contribution in [1.82, 2.24) is 9.03 Å². The van der Waals surface area contributed by atoms with Crippen LogP contribution in [0.25, 0.3) is 0 Å². The van der Waals surface area contributed by atoms with Crippen LogP contribution in [0.3, 0.4) is 0 Å². The lowest BCUT2D eigenvalue weighted by Crippen LogP contribution is -2.45. The van der Waals surface area contributed by atoms with Crippen molar-refractivity contribution < 1.29 is 53.0 Å². The minimum Gasteiger partial charge on any atom is -0.289 e. The maximum Gasteiger partial charge on any atom is 0.416 e. The van der Waals surface area contributed by atoms with Crippen LogP contribution < -0.4 is 4.72 Å². The van der Waals surface area contributed by atoms with Crippen LogP contribution in [0, 0.1) is 11.8 Å². The van der Waals surface area contributed by atoms with E-state index in [4.69, 9.17) is 4.18 Å². The number of hydrogen-bond acceptors (Lipinski definition) is 7. The number of benzene rings is 2. The van der Waals surface area contributed by atoms with Gasteiger partial charge in [-0.05, 0) is 61.3 Å². The first-order chi connectivity index (χ1) is 19.2. The van der Waals surface area contributed by atoms with E-state index in [2.05, 4.69) is 9.22 Å². The van der Waals surface area contributed by atoms with Gasteiger partial charge in [-0.25, -0.2) is 9.61 Å². The molecule has 2 aromatic rings. The smallest absolute Gasteiger partial charge is 0.289 e. The Labute approximate surface area is 237 Å². The number of carbonyl (C=O) groups excluding carboxylic acids is 1. The van der Waals surface area contributed by atoms with Crippen LogP contribution in [0.15, 0.2) is 48.5 Å². The van der Waals surface area contributed by atoms with Crippen molar-refractivity contribution in [3.8, 4) is 0 Å². The second-order valence-corrected chi connectivity index (χ2v) is 11.7. The van der Waals surface area contributed by atoms with Crippen molar-refractivity contribution in [3.63, 3.8) is 0 Å². The molecule has 0 aliphatic heterocycles. The molecule has 0 aromatic heterocycles. The zero-order chi connectivity index (χ0) is 30.3. The van der Waals surface area contributed by atoms with E-state index in [9.17, 15) is 39.6 Å². The number of nitrogens with zero attached hydrogens (tertiary/aromatic N) is 1. The Morgan fingerprint density at radius 1 is 0.951 bits per heavy atom. The molecule has 228 valence electrons. The van der Waals surface area contributed by atoms with Crippen molar-refractivity contribution in [1.29, 1.82) is 0 Å². The fourth-order valence-electron chi connectivity index (χ4n) is 4.40. The monoisotopic (exact) mass is 630 g/mol. The van der Waals surface area contributed by atoms with E-state index in [0.717, 1.165) is 4.31 Å². The minimum atomic E-state index is -5.20. The van der Waals surface area contributed by atoms with Crippen LogP contribution in [-0.2, 0) is 42.5 Å². The van der Waals surface area contributed by atoms with Crippen molar-refractivity contribution in [2.24, 2.45) is 11.8 Å². The number of hydrogen-bond donors (Lipinski definition) is 1. The molecule has 1 N–H and O–H groups in total. The number of nitrogens with one attached hydrogen (secondary N) is 1. The molecule has 1 aliphatic rings. The third-order valence-electron chi connectivity index (χ3n) is 6.49. The SMILES string of the molecule is COOSOCC1CCC(CN(Cc2ccccc2)S(=O)(=O)NC(=O)c2cc(C(F)(F)F)cc(C(F)(F)F)c2)CC1. The summed E-state index contributed by atoms with van der Waals surface area (Å²) in [5.74, 6) is -1.53. The van der Waals surface area contributed by atoms with E-state index in [-0.39, 0.29) is 43.1 Å². The Morgan fingerprint density at radius 3 is 2.05 bits per heavy atom. The van der Waals surface area contributed by atoms with E-state index in [1.807, 2.05) is 0 Å². The molecule has 2 aromatic carbocycles. The number of alkyl halides is 6. The number of carbonyl (C=O) groups is 1. The lowest BCUT2D eigenvalue weighted by Gasteiger charge is -2.32. The number of rotatable bonds is 12. The topological polar surface area (TPSA) is 94.2 Å². The van der Waals surface area contributed by atoms with Gasteiger partial charge in [0.05, 0.1) is 24.8 Å². The molecule has 0 heterocycles. The summed E-state index contributed by atoms with van der Waals surface area (Å²) in [7, 11) is -3.35. The predicted molar refractivity (Wildman–Crippen MR) is 137 cm³/mol. The van der Waals surface area contributed by atoms with Gasteiger partial charge >= 0.3 is 22.6 Å². The van der Waals surface area contributed by atoms with Gasteiger partial charge in [-0.3, -0.25) is 8.98 Å². The number of amides is 1. The Kier molecular flexibility index (Phi) is 11.5. The standard InChI is InChI=1S/C25H28F6N2O6S2/c1-37-39-40-38-16-19-9-7-18(8-10-19)15-33(14-17-5-3-2-4-6-17)41(35,36)32-23(34)20-11-21(24(26,27)28)13-22(12-20)25(29,30)31/h2-6,11-13,18-19H,7-10,14-16H2,1H3,(H,32,34). The average molecular weight is 631 g/mol.